The van der Waals surface area contributed by atoms with Crippen LogP contribution in [0.2, 0.25) is 0 Å². The van der Waals surface area contributed by atoms with Gasteiger partial charge in [-0.15, -0.1) is 0 Å². The summed E-state index contributed by atoms with van der Waals surface area (Å²) in [6, 6.07) is -0.882. The molecule has 0 saturated carbocycles. The zero-order chi connectivity index (χ0) is 59.3. The van der Waals surface area contributed by atoms with Gasteiger partial charge < -0.3 is 19.4 Å². The molecule has 0 aromatic rings. The number of allylic oxidation sites excluding steroid dienone is 21. The van der Waals surface area contributed by atoms with Crippen LogP contribution in [0, 0.1) is 0 Å². The third-order valence-electron chi connectivity index (χ3n) is 13.7. The Balaban J connectivity index is 5.15. The summed E-state index contributed by atoms with van der Waals surface area (Å²) in [5, 5.41) is 3.03. The number of nitrogens with one attached hydrogen (secondary N) is 1. The summed E-state index contributed by atoms with van der Waals surface area (Å²) in [6.45, 7) is 6.78. The molecule has 462 valence electrons. The average molecular weight is 1150 g/mol. The van der Waals surface area contributed by atoms with Crippen LogP contribution < -0.4 is 5.32 Å². The SMILES string of the molecule is CC\C=C/C=C/C=C/C=C\C=C\C=C\CCCCCC(=O)NC(COP(=O)(O)OCC[N+](C)(C)C)C(/C=C\CCCCCCCCCCC)OC(=O)CCCCCCCCCCCCC/C=C\C/C=C\C/C=C\C/C=C\CCCCC. The fourth-order valence-electron chi connectivity index (χ4n) is 8.72. The van der Waals surface area contributed by atoms with Gasteiger partial charge in [-0.2, -0.15) is 0 Å². The molecule has 0 aromatic carbocycles. The van der Waals surface area contributed by atoms with Crippen molar-refractivity contribution in [3.05, 3.63) is 134 Å². The zero-order valence-electron chi connectivity index (χ0n) is 52.7. The zero-order valence-corrected chi connectivity index (χ0v) is 53.6. The Bertz CT molecular complexity index is 1850. The second-order valence-electron chi connectivity index (χ2n) is 22.7. The number of hydrogen-bond acceptors (Lipinski definition) is 6. The number of ether oxygens (including phenoxy) is 1. The first-order chi connectivity index (χ1) is 39.4. The molecule has 0 spiro atoms. The normalized spacial score (nSPS) is 14.5. The number of phosphoric acid groups is 1. The molecule has 0 saturated heterocycles. The number of phosphoric ester groups is 1. The molecule has 3 atom stereocenters. The number of rotatable bonds is 57. The highest BCUT2D eigenvalue weighted by Crippen LogP contribution is 2.43. The first-order valence-electron chi connectivity index (χ1n) is 32.6. The van der Waals surface area contributed by atoms with Crippen molar-refractivity contribution in [2.45, 2.75) is 264 Å². The molecule has 0 aliphatic rings. The molecule has 9 nitrogen and oxygen atoms in total. The highest BCUT2D eigenvalue weighted by Gasteiger charge is 2.30. The number of esters is 1. The van der Waals surface area contributed by atoms with E-state index in [2.05, 4.69) is 86.8 Å². The molecule has 0 radical (unpaired) electrons. The monoisotopic (exact) mass is 1150 g/mol. The Hall–Kier alpha value is -3.85. The van der Waals surface area contributed by atoms with Crippen LogP contribution in [0.15, 0.2) is 134 Å². The van der Waals surface area contributed by atoms with Crippen molar-refractivity contribution in [2.75, 3.05) is 40.9 Å². The van der Waals surface area contributed by atoms with Crippen molar-refractivity contribution >= 4 is 19.7 Å². The van der Waals surface area contributed by atoms with Crippen molar-refractivity contribution in [1.29, 1.82) is 0 Å². The molecule has 0 rings (SSSR count). The summed E-state index contributed by atoms with van der Waals surface area (Å²) in [7, 11) is 1.44. The van der Waals surface area contributed by atoms with Gasteiger partial charge in [-0.05, 0) is 96.0 Å². The number of carbonyl (C=O) groups is 2. The van der Waals surface area contributed by atoms with Gasteiger partial charge in [0.1, 0.15) is 19.3 Å². The van der Waals surface area contributed by atoms with E-state index < -0.39 is 20.0 Å². The quantitative estimate of drug-likeness (QED) is 0.0156. The van der Waals surface area contributed by atoms with Crippen LogP contribution in [0.3, 0.4) is 0 Å². The van der Waals surface area contributed by atoms with Crippen LogP contribution in [-0.2, 0) is 27.9 Å². The van der Waals surface area contributed by atoms with Crippen molar-refractivity contribution in [2.24, 2.45) is 0 Å². The van der Waals surface area contributed by atoms with Crippen molar-refractivity contribution in [3.8, 4) is 0 Å². The number of unbranched alkanes of at least 4 members (excludes halogenated alkanes) is 26. The molecule has 0 aromatic heterocycles. The molecule has 0 aliphatic carbocycles. The fraction of sp³-hybridized carbons (Fsp3) is 0.662. The molecular formula is C71H122N2O7P+. The molecule has 0 aliphatic heterocycles. The molecular weight excluding hydrogens is 1020 g/mol. The van der Waals surface area contributed by atoms with Gasteiger partial charge in [0.05, 0.1) is 33.8 Å². The van der Waals surface area contributed by atoms with E-state index in [1.54, 1.807) is 0 Å². The molecule has 1 amide bonds. The molecule has 0 heterocycles. The highest BCUT2D eigenvalue weighted by molar-refractivity contribution is 7.47. The van der Waals surface area contributed by atoms with Crippen LogP contribution in [-0.4, -0.2) is 74.3 Å². The van der Waals surface area contributed by atoms with E-state index in [1.807, 2.05) is 94.1 Å². The molecule has 81 heavy (non-hydrogen) atoms. The van der Waals surface area contributed by atoms with E-state index in [1.165, 1.54) is 122 Å². The summed E-state index contributed by atoms with van der Waals surface area (Å²) in [5.41, 5.74) is 0. The second kappa shape index (κ2) is 59.3. The van der Waals surface area contributed by atoms with E-state index in [0.29, 0.717) is 17.4 Å². The van der Waals surface area contributed by atoms with Crippen LogP contribution in [0.1, 0.15) is 252 Å². The van der Waals surface area contributed by atoms with Gasteiger partial charge in [-0.1, -0.05) is 277 Å². The van der Waals surface area contributed by atoms with Crippen molar-refractivity contribution in [3.63, 3.8) is 0 Å². The van der Waals surface area contributed by atoms with Gasteiger partial charge >= 0.3 is 13.8 Å². The Morgan fingerprint density at radius 2 is 0.840 bits per heavy atom. The maximum Gasteiger partial charge on any atom is 0.472 e. The van der Waals surface area contributed by atoms with E-state index in [9.17, 15) is 19.0 Å². The number of carbonyl (C=O) groups excluding carboxylic acids is 2. The third kappa shape index (κ3) is 60.6. The van der Waals surface area contributed by atoms with E-state index in [0.717, 1.165) is 89.9 Å². The summed E-state index contributed by atoms with van der Waals surface area (Å²) < 4.78 is 30.7. The average Bonchev–Trinajstić information content (AvgIpc) is 3.44. The Kier molecular flexibility index (Phi) is 56.5. The van der Waals surface area contributed by atoms with E-state index in [4.69, 9.17) is 13.8 Å². The summed E-state index contributed by atoms with van der Waals surface area (Å²) >= 11 is 0. The van der Waals surface area contributed by atoms with Gasteiger partial charge in [0.25, 0.3) is 0 Å². The highest BCUT2D eigenvalue weighted by atomic mass is 31.2. The van der Waals surface area contributed by atoms with E-state index in [-0.39, 0.29) is 37.9 Å². The Morgan fingerprint density at radius 1 is 0.457 bits per heavy atom. The van der Waals surface area contributed by atoms with Crippen LogP contribution >= 0.6 is 7.82 Å². The lowest BCUT2D eigenvalue weighted by atomic mass is 10.0. The van der Waals surface area contributed by atoms with Gasteiger partial charge in [-0.25, -0.2) is 4.57 Å². The predicted octanol–water partition coefficient (Wildman–Crippen LogP) is 20.4. The summed E-state index contributed by atoms with van der Waals surface area (Å²) in [4.78, 5) is 37.7. The van der Waals surface area contributed by atoms with Gasteiger partial charge in [-0.3, -0.25) is 18.6 Å². The standard InChI is InChI=1S/C71H121N2O7P/c1-7-10-13-16-19-22-25-27-29-31-32-33-34-35-36-37-38-39-40-42-44-46-49-52-55-58-61-64-71(75)80-69(62-59-56-53-50-47-24-21-18-15-12-9-3)68(67-79-81(76,77)78-66-65-73(4,5)6)72-70(74)63-60-57-54-51-48-45-43-41-30-28-26-23-20-17-14-11-8-2/h11,14,17,19-20,22-23,26-30,32-33,35-36,41,43,45,48,59,62,68-69H,7-10,12-13,15-16,18,21,24-25,31,34,37-40,42,44,46-47,49-58,60-61,63-67H2,1-6H3,(H-,72,74,76,77)/p+1/b14-11-,20-17+,22-19-,26-23+,29-27-,30-28-,33-32-,36-35-,43-41+,48-45+,62-59-. The number of likely N-dealkylation sites (N-methyl/N-ethyl adjacent to an activating group) is 1. The molecule has 3 unspecified atom stereocenters. The third-order valence-corrected chi connectivity index (χ3v) is 14.7. The topological polar surface area (TPSA) is 111 Å². The van der Waals surface area contributed by atoms with Gasteiger partial charge in [0, 0.05) is 12.8 Å². The van der Waals surface area contributed by atoms with Crippen LogP contribution in [0.5, 0.6) is 0 Å². The summed E-state index contributed by atoms with van der Waals surface area (Å²) in [6.07, 6.45) is 84.6. The maximum absolute atomic E-state index is 13.5. The Labute approximate surface area is 498 Å². The first kappa shape index (κ1) is 77.2. The minimum atomic E-state index is -4.47. The first-order valence-corrected chi connectivity index (χ1v) is 34.1. The molecule has 0 bridgehead atoms. The Morgan fingerprint density at radius 3 is 1.33 bits per heavy atom. The van der Waals surface area contributed by atoms with Gasteiger partial charge in [0.15, 0.2) is 0 Å². The minimum Gasteiger partial charge on any atom is -0.456 e. The molecule has 0 fully saturated rings. The molecule has 10 heteroatoms. The van der Waals surface area contributed by atoms with E-state index >= 15 is 0 Å². The number of hydrogen-bond donors (Lipinski definition) is 2. The van der Waals surface area contributed by atoms with Gasteiger partial charge in [0.2, 0.25) is 5.91 Å². The van der Waals surface area contributed by atoms with Crippen LogP contribution in [0.25, 0.3) is 0 Å². The summed E-state index contributed by atoms with van der Waals surface area (Å²) in [5.74, 6) is -0.568. The number of nitrogens with zero attached hydrogens (tertiary/aromatic N) is 1. The predicted molar refractivity (Wildman–Crippen MR) is 350 cm³/mol. The smallest absolute Gasteiger partial charge is 0.456 e. The number of amides is 1. The van der Waals surface area contributed by atoms with Crippen molar-refractivity contribution < 1.29 is 37.3 Å². The van der Waals surface area contributed by atoms with Crippen molar-refractivity contribution in [1.82, 2.24) is 5.32 Å². The molecule has 2 N–H and O–H groups in total. The number of quaternary nitrogens is 1. The maximum atomic E-state index is 13.5. The fourth-order valence-corrected chi connectivity index (χ4v) is 9.46. The lowest BCUT2D eigenvalue weighted by Gasteiger charge is -2.27. The second-order valence-corrected chi connectivity index (χ2v) is 24.2. The minimum absolute atomic E-state index is 0.0232. The largest absolute Gasteiger partial charge is 0.472 e. The van der Waals surface area contributed by atoms with Crippen LogP contribution in [0.4, 0.5) is 0 Å². The lowest BCUT2D eigenvalue weighted by molar-refractivity contribution is -0.870. The lowest BCUT2D eigenvalue weighted by Crippen LogP contribution is -2.47.